The largest absolute Gasteiger partial charge is 0.461 e. The lowest BCUT2D eigenvalue weighted by Gasteiger charge is -2.24. The van der Waals surface area contributed by atoms with E-state index in [1.165, 1.54) is 4.31 Å². The molecule has 1 fully saturated rings. The molecule has 180 valence electrons. The predicted molar refractivity (Wildman–Crippen MR) is 133 cm³/mol. The minimum absolute atomic E-state index is 0.0586. The summed E-state index contributed by atoms with van der Waals surface area (Å²) in [6.07, 6.45) is 0.567. The van der Waals surface area contributed by atoms with Crippen molar-refractivity contribution in [3.63, 3.8) is 0 Å². The fourth-order valence-corrected chi connectivity index (χ4v) is 5.74. The number of sulfonamides is 1. The zero-order valence-electron chi connectivity index (χ0n) is 18.6. The fourth-order valence-electron chi connectivity index (χ4n) is 3.86. The highest BCUT2D eigenvalue weighted by Gasteiger charge is 2.29. The van der Waals surface area contributed by atoms with Gasteiger partial charge in [0.05, 0.1) is 33.4 Å². The maximum atomic E-state index is 13.0. The van der Waals surface area contributed by atoms with Crippen LogP contribution in [0.15, 0.2) is 42.5 Å². The van der Waals surface area contributed by atoms with Gasteiger partial charge in [0, 0.05) is 26.2 Å². The molecule has 2 aromatic carbocycles. The standard InChI is InChI=1S/C23H24Cl2N4O4S/c1-2-33-23(30)21-22(27-20-14-18(25)17(24)13-19(20)26-21)28-9-6-10-29(12-11-28)34(31,32)15-16-7-4-3-5-8-16/h3-5,7-8,13-14H,2,6,9-12,15H2,1H3. The smallest absolute Gasteiger partial charge is 0.360 e. The van der Waals surface area contributed by atoms with Crippen molar-refractivity contribution < 1.29 is 17.9 Å². The molecule has 0 unspecified atom stereocenters. The average Bonchev–Trinajstić information content (AvgIpc) is 3.07. The third-order valence-electron chi connectivity index (χ3n) is 5.50. The molecule has 8 nitrogen and oxygen atoms in total. The van der Waals surface area contributed by atoms with Gasteiger partial charge < -0.3 is 9.64 Å². The molecule has 1 saturated heterocycles. The first-order chi connectivity index (χ1) is 16.3. The lowest BCUT2D eigenvalue weighted by Crippen LogP contribution is -2.36. The van der Waals surface area contributed by atoms with Gasteiger partial charge >= 0.3 is 5.97 Å². The van der Waals surface area contributed by atoms with Crippen molar-refractivity contribution in [1.29, 1.82) is 0 Å². The zero-order valence-corrected chi connectivity index (χ0v) is 20.9. The second kappa shape index (κ2) is 10.4. The van der Waals surface area contributed by atoms with Gasteiger partial charge in [-0.25, -0.2) is 23.2 Å². The molecule has 11 heteroatoms. The van der Waals surface area contributed by atoms with E-state index >= 15 is 0 Å². The van der Waals surface area contributed by atoms with E-state index in [1.807, 2.05) is 23.1 Å². The predicted octanol–water partition coefficient (Wildman–Crippen LogP) is 4.16. The number of carbonyl (C=O) groups is 1. The summed E-state index contributed by atoms with van der Waals surface area (Å²) in [5.74, 6) is -0.320. The van der Waals surface area contributed by atoms with Gasteiger partial charge in [0.2, 0.25) is 10.0 Å². The Bertz CT molecular complexity index is 1310. The summed E-state index contributed by atoms with van der Waals surface area (Å²) in [6.45, 7) is 3.39. The number of rotatable bonds is 6. The van der Waals surface area contributed by atoms with Gasteiger partial charge in [-0.1, -0.05) is 53.5 Å². The first kappa shape index (κ1) is 24.7. The summed E-state index contributed by atoms with van der Waals surface area (Å²) in [4.78, 5) is 23.7. The lowest BCUT2D eigenvalue weighted by molar-refractivity contribution is 0.0520. The Hall–Kier alpha value is -2.46. The molecule has 0 saturated carbocycles. The molecule has 4 rings (SSSR count). The van der Waals surface area contributed by atoms with Crippen molar-refractivity contribution >= 4 is 56.0 Å². The number of halogens is 2. The molecule has 1 aliphatic heterocycles. The van der Waals surface area contributed by atoms with Gasteiger partial charge in [-0.15, -0.1) is 0 Å². The summed E-state index contributed by atoms with van der Waals surface area (Å²) < 4.78 is 32.8. The lowest BCUT2D eigenvalue weighted by atomic mass is 10.2. The van der Waals surface area contributed by atoms with E-state index in [1.54, 1.807) is 31.2 Å². The van der Waals surface area contributed by atoms with Gasteiger partial charge in [0.15, 0.2) is 11.5 Å². The van der Waals surface area contributed by atoms with Crippen molar-refractivity contribution in [1.82, 2.24) is 14.3 Å². The van der Waals surface area contributed by atoms with Gasteiger partial charge in [-0.3, -0.25) is 0 Å². The van der Waals surface area contributed by atoms with Crippen LogP contribution in [-0.2, 0) is 20.5 Å². The molecule has 2 heterocycles. The molecule has 0 N–H and O–H groups in total. The monoisotopic (exact) mass is 522 g/mol. The summed E-state index contributed by atoms with van der Waals surface area (Å²) >= 11 is 12.3. The second-order valence-corrected chi connectivity index (χ2v) is 10.6. The van der Waals surface area contributed by atoms with Crippen LogP contribution in [0.2, 0.25) is 10.0 Å². The van der Waals surface area contributed by atoms with E-state index < -0.39 is 16.0 Å². The van der Waals surface area contributed by atoms with Gasteiger partial charge in [0.25, 0.3) is 0 Å². The summed E-state index contributed by atoms with van der Waals surface area (Å²) in [7, 11) is -3.50. The van der Waals surface area contributed by atoms with Crippen LogP contribution < -0.4 is 4.90 Å². The SMILES string of the molecule is CCOC(=O)c1nc2cc(Cl)c(Cl)cc2nc1N1CCCN(S(=O)(=O)Cc2ccccc2)CC1. The van der Waals surface area contributed by atoms with Crippen LogP contribution in [0, 0.1) is 0 Å². The molecular formula is C23H24Cl2N4O4S. The Morgan fingerprint density at radius 1 is 1.00 bits per heavy atom. The zero-order chi connectivity index (χ0) is 24.3. The molecule has 1 aliphatic rings. The molecule has 3 aromatic rings. The van der Waals surface area contributed by atoms with Gasteiger partial charge in [-0.05, 0) is 31.0 Å². The van der Waals surface area contributed by atoms with E-state index in [4.69, 9.17) is 27.9 Å². The Morgan fingerprint density at radius 3 is 2.35 bits per heavy atom. The quantitative estimate of drug-likeness (QED) is 0.448. The third kappa shape index (κ3) is 5.43. The minimum atomic E-state index is -3.50. The van der Waals surface area contributed by atoms with Gasteiger partial charge in [-0.2, -0.15) is 4.31 Å². The van der Waals surface area contributed by atoms with Crippen molar-refractivity contribution in [2.45, 2.75) is 19.1 Å². The van der Waals surface area contributed by atoms with Gasteiger partial charge in [0.1, 0.15) is 0 Å². The summed E-state index contributed by atoms with van der Waals surface area (Å²) in [6, 6.07) is 12.3. The first-order valence-electron chi connectivity index (χ1n) is 10.9. The number of nitrogens with zero attached hydrogens (tertiary/aromatic N) is 4. The van der Waals surface area contributed by atoms with E-state index in [0.29, 0.717) is 53.0 Å². The molecular weight excluding hydrogens is 499 g/mol. The highest BCUT2D eigenvalue weighted by atomic mass is 35.5. The highest BCUT2D eigenvalue weighted by Crippen LogP contribution is 2.29. The van der Waals surface area contributed by atoms with E-state index in [0.717, 1.165) is 5.56 Å². The van der Waals surface area contributed by atoms with Crippen LogP contribution >= 0.6 is 23.2 Å². The van der Waals surface area contributed by atoms with E-state index in [2.05, 4.69) is 9.97 Å². The van der Waals surface area contributed by atoms with Crippen LogP contribution in [0.25, 0.3) is 11.0 Å². The Kier molecular flexibility index (Phi) is 7.57. The molecule has 0 atom stereocenters. The normalized spacial score (nSPS) is 15.3. The van der Waals surface area contributed by atoms with Crippen LogP contribution in [0.3, 0.4) is 0 Å². The Balaban J connectivity index is 1.63. The van der Waals surface area contributed by atoms with Crippen molar-refractivity contribution in [2.24, 2.45) is 0 Å². The van der Waals surface area contributed by atoms with E-state index in [9.17, 15) is 13.2 Å². The van der Waals surface area contributed by atoms with E-state index in [-0.39, 0.29) is 24.6 Å². The fraction of sp³-hybridized carbons (Fsp3) is 0.348. The van der Waals surface area contributed by atoms with Crippen LogP contribution in [0.4, 0.5) is 5.82 Å². The number of aromatic nitrogens is 2. The molecule has 1 aromatic heterocycles. The van der Waals surface area contributed by atoms with Crippen molar-refractivity contribution in [3.8, 4) is 0 Å². The van der Waals surface area contributed by atoms with Crippen LogP contribution in [0.1, 0.15) is 29.4 Å². The number of ether oxygens (including phenoxy) is 1. The highest BCUT2D eigenvalue weighted by molar-refractivity contribution is 7.88. The molecule has 0 spiro atoms. The maximum Gasteiger partial charge on any atom is 0.360 e. The third-order valence-corrected chi connectivity index (χ3v) is 8.07. The number of fused-ring (bicyclic) bond motifs is 1. The minimum Gasteiger partial charge on any atom is -0.461 e. The molecule has 34 heavy (non-hydrogen) atoms. The van der Waals surface area contributed by atoms with Crippen molar-refractivity contribution in [2.75, 3.05) is 37.7 Å². The number of esters is 1. The average molecular weight is 523 g/mol. The Morgan fingerprint density at radius 2 is 1.68 bits per heavy atom. The van der Waals surface area contributed by atoms with Crippen LogP contribution in [-0.4, -0.2) is 61.4 Å². The molecule has 0 bridgehead atoms. The molecule has 0 radical (unpaired) electrons. The van der Waals surface area contributed by atoms with Crippen molar-refractivity contribution in [3.05, 3.63) is 63.8 Å². The number of benzene rings is 2. The molecule has 0 aliphatic carbocycles. The number of carbonyl (C=O) groups excluding carboxylic acids is 1. The number of hydrogen-bond acceptors (Lipinski definition) is 7. The summed E-state index contributed by atoms with van der Waals surface area (Å²) in [5.41, 5.74) is 1.70. The first-order valence-corrected chi connectivity index (χ1v) is 13.3. The second-order valence-electron chi connectivity index (χ2n) is 7.85. The number of hydrogen-bond donors (Lipinski definition) is 0. The molecule has 0 amide bonds. The summed E-state index contributed by atoms with van der Waals surface area (Å²) in [5, 5.41) is 0.632. The maximum absolute atomic E-state index is 13.0. The topological polar surface area (TPSA) is 92.7 Å². The number of anilines is 1. The van der Waals surface area contributed by atoms with Crippen LogP contribution in [0.5, 0.6) is 0 Å². The Labute approximate surface area is 208 Å².